The highest BCUT2D eigenvalue weighted by molar-refractivity contribution is 6.31. The average molecular weight is 312 g/mol. The van der Waals surface area contributed by atoms with E-state index >= 15 is 0 Å². The molecule has 1 aromatic heterocycles. The summed E-state index contributed by atoms with van der Waals surface area (Å²) in [6, 6.07) is 6.24. The van der Waals surface area contributed by atoms with E-state index in [0.29, 0.717) is 11.9 Å². The first-order valence-corrected chi connectivity index (χ1v) is 8.05. The van der Waals surface area contributed by atoms with E-state index < -0.39 is 0 Å². The fourth-order valence-electron chi connectivity index (χ4n) is 3.13. The Morgan fingerprint density at radius 2 is 2.05 bits per heavy atom. The highest BCUT2D eigenvalue weighted by atomic mass is 35.5. The number of hydrogen-bond acceptors (Lipinski definition) is 2. The highest BCUT2D eigenvalue weighted by Gasteiger charge is 2.19. The van der Waals surface area contributed by atoms with Gasteiger partial charge < -0.3 is 9.47 Å². The average Bonchev–Trinajstić information content (AvgIpc) is 3.04. The SMILES string of the molecule is CC(CN1CCCC1)n1c(CCl)nc2cc(Cl)ccc21. The molecule has 3 nitrogen and oxygen atoms in total. The molecule has 1 aliphatic rings. The summed E-state index contributed by atoms with van der Waals surface area (Å²) in [5.41, 5.74) is 2.05. The van der Waals surface area contributed by atoms with Gasteiger partial charge in [0.05, 0.1) is 16.9 Å². The fourth-order valence-corrected chi connectivity index (χ4v) is 3.48. The van der Waals surface area contributed by atoms with Gasteiger partial charge >= 0.3 is 0 Å². The molecule has 0 aliphatic carbocycles. The third-order valence-electron chi connectivity index (χ3n) is 4.01. The minimum absolute atomic E-state index is 0.369. The first-order chi connectivity index (χ1) is 9.69. The van der Waals surface area contributed by atoms with Crippen LogP contribution in [0.4, 0.5) is 0 Å². The Kier molecular flexibility index (Phi) is 4.20. The van der Waals surface area contributed by atoms with E-state index in [4.69, 9.17) is 23.2 Å². The molecule has 3 rings (SSSR count). The molecule has 0 spiro atoms. The second-order valence-electron chi connectivity index (χ2n) is 5.52. The molecule has 1 aliphatic heterocycles. The summed E-state index contributed by atoms with van der Waals surface area (Å²) < 4.78 is 2.26. The van der Waals surface area contributed by atoms with Crippen LogP contribution in [0.25, 0.3) is 11.0 Å². The van der Waals surface area contributed by atoms with E-state index in [1.807, 2.05) is 18.2 Å². The first-order valence-electron chi connectivity index (χ1n) is 7.13. The summed E-state index contributed by atoms with van der Waals surface area (Å²) in [6.07, 6.45) is 2.63. The predicted octanol–water partition coefficient (Wildman–Crippen LogP) is 4.09. The summed E-state index contributed by atoms with van der Waals surface area (Å²) in [7, 11) is 0. The standard InChI is InChI=1S/C15H19Cl2N3/c1-11(10-19-6-2-3-7-19)20-14-5-4-12(17)8-13(14)18-15(20)9-16/h4-5,8,11H,2-3,6-7,9-10H2,1H3. The number of imidazole rings is 1. The number of fused-ring (bicyclic) bond motifs is 1. The molecule has 2 heterocycles. The summed E-state index contributed by atoms with van der Waals surface area (Å²) >= 11 is 12.1. The van der Waals surface area contributed by atoms with E-state index in [9.17, 15) is 0 Å². The molecule has 0 saturated carbocycles. The molecular weight excluding hydrogens is 293 g/mol. The van der Waals surface area contributed by atoms with Crippen molar-refractivity contribution in [2.24, 2.45) is 0 Å². The van der Waals surface area contributed by atoms with Gasteiger partial charge in [-0.05, 0) is 51.1 Å². The molecule has 20 heavy (non-hydrogen) atoms. The van der Waals surface area contributed by atoms with Gasteiger partial charge in [0, 0.05) is 17.6 Å². The van der Waals surface area contributed by atoms with Gasteiger partial charge in [0.1, 0.15) is 5.82 Å². The lowest BCUT2D eigenvalue weighted by Gasteiger charge is -2.23. The van der Waals surface area contributed by atoms with Crippen molar-refractivity contribution in [3.8, 4) is 0 Å². The Morgan fingerprint density at radius 3 is 2.75 bits per heavy atom. The fraction of sp³-hybridized carbons (Fsp3) is 0.533. The summed E-state index contributed by atoms with van der Waals surface area (Å²) in [4.78, 5) is 7.13. The van der Waals surface area contributed by atoms with E-state index in [1.165, 1.54) is 25.9 Å². The summed E-state index contributed by atoms with van der Waals surface area (Å²) in [5, 5.41) is 0.718. The van der Waals surface area contributed by atoms with Crippen molar-refractivity contribution >= 4 is 34.2 Å². The van der Waals surface area contributed by atoms with Crippen LogP contribution in [0.1, 0.15) is 31.6 Å². The smallest absolute Gasteiger partial charge is 0.125 e. The topological polar surface area (TPSA) is 21.1 Å². The lowest BCUT2D eigenvalue weighted by atomic mass is 10.2. The summed E-state index contributed by atoms with van der Waals surface area (Å²) in [6.45, 7) is 5.71. The molecule has 0 radical (unpaired) electrons. The van der Waals surface area contributed by atoms with Crippen LogP contribution >= 0.6 is 23.2 Å². The Hall–Kier alpha value is -0.770. The molecule has 0 N–H and O–H groups in total. The van der Waals surface area contributed by atoms with Crippen LogP contribution in [0.15, 0.2) is 18.2 Å². The van der Waals surface area contributed by atoms with Crippen molar-refractivity contribution in [3.63, 3.8) is 0 Å². The molecule has 5 heteroatoms. The molecule has 1 unspecified atom stereocenters. The van der Waals surface area contributed by atoms with E-state index in [2.05, 4.69) is 21.4 Å². The zero-order valence-electron chi connectivity index (χ0n) is 11.6. The van der Waals surface area contributed by atoms with Crippen LogP contribution in [0.2, 0.25) is 5.02 Å². The van der Waals surface area contributed by atoms with Crippen molar-refractivity contribution in [2.45, 2.75) is 31.7 Å². The maximum absolute atomic E-state index is 6.07. The zero-order chi connectivity index (χ0) is 14.1. The van der Waals surface area contributed by atoms with Gasteiger partial charge in [0.25, 0.3) is 0 Å². The maximum Gasteiger partial charge on any atom is 0.125 e. The number of halogens is 2. The number of alkyl halides is 1. The highest BCUT2D eigenvalue weighted by Crippen LogP contribution is 2.26. The van der Waals surface area contributed by atoms with Crippen LogP contribution in [-0.2, 0) is 5.88 Å². The van der Waals surface area contributed by atoms with Crippen LogP contribution in [0.5, 0.6) is 0 Å². The molecule has 0 bridgehead atoms. The first kappa shape index (κ1) is 14.2. The monoisotopic (exact) mass is 311 g/mol. The van der Waals surface area contributed by atoms with Gasteiger partial charge in [-0.1, -0.05) is 11.6 Å². The minimum Gasteiger partial charge on any atom is -0.323 e. The molecule has 1 aromatic carbocycles. The van der Waals surface area contributed by atoms with Gasteiger partial charge in [-0.3, -0.25) is 0 Å². The quantitative estimate of drug-likeness (QED) is 0.793. The predicted molar refractivity (Wildman–Crippen MR) is 84.7 cm³/mol. The van der Waals surface area contributed by atoms with Crippen LogP contribution in [0.3, 0.4) is 0 Å². The Bertz CT molecular complexity index is 602. The van der Waals surface area contributed by atoms with Crippen LogP contribution in [-0.4, -0.2) is 34.1 Å². The number of rotatable bonds is 4. The zero-order valence-corrected chi connectivity index (χ0v) is 13.2. The molecule has 108 valence electrons. The third kappa shape index (κ3) is 2.67. The number of likely N-dealkylation sites (tertiary alicyclic amines) is 1. The molecule has 2 aromatic rings. The number of hydrogen-bond donors (Lipinski definition) is 0. The number of nitrogens with zero attached hydrogens (tertiary/aromatic N) is 3. The molecule has 1 fully saturated rings. The Labute approximate surface area is 129 Å². The van der Waals surface area contributed by atoms with Crippen LogP contribution in [0, 0.1) is 0 Å². The van der Waals surface area contributed by atoms with E-state index in [1.54, 1.807) is 0 Å². The minimum atomic E-state index is 0.369. The molecular formula is C15H19Cl2N3. The van der Waals surface area contributed by atoms with Gasteiger partial charge in [-0.15, -0.1) is 11.6 Å². The lowest BCUT2D eigenvalue weighted by Crippen LogP contribution is -2.27. The van der Waals surface area contributed by atoms with E-state index in [0.717, 1.165) is 28.4 Å². The van der Waals surface area contributed by atoms with Crippen molar-refractivity contribution in [3.05, 3.63) is 29.0 Å². The largest absolute Gasteiger partial charge is 0.323 e. The van der Waals surface area contributed by atoms with Gasteiger partial charge in [0.15, 0.2) is 0 Å². The van der Waals surface area contributed by atoms with Crippen molar-refractivity contribution in [2.75, 3.05) is 19.6 Å². The summed E-state index contributed by atoms with van der Waals surface area (Å²) in [5.74, 6) is 1.35. The molecule has 1 atom stereocenters. The third-order valence-corrected chi connectivity index (χ3v) is 4.48. The molecule has 0 amide bonds. The van der Waals surface area contributed by atoms with E-state index in [-0.39, 0.29) is 0 Å². The number of benzene rings is 1. The Balaban J connectivity index is 1.95. The normalized spacial score (nSPS) is 17.9. The Morgan fingerprint density at radius 1 is 1.30 bits per heavy atom. The lowest BCUT2D eigenvalue weighted by molar-refractivity contribution is 0.288. The van der Waals surface area contributed by atoms with Crippen molar-refractivity contribution < 1.29 is 0 Å². The van der Waals surface area contributed by atoms with Gasteiger partial charge in [-0.25, -0.2) is 4.98 Å². The van der Waals surface area contributed by atoms with Crippen molar-refractivity contribution in [1.82, 2.24) is 14.5 Å². The maximum atomic E-state index is 6.07. The van der Waals surface area contributed by atoms with Gasteiger partial charge in [-0.2, -0.15) is 0 Å². The molecule has 1 saturated heterocycles. The van der Waals surface area contributed by atoms with Crippen LogP contribution < -0.4 is 0 Å². The second-order valence-corrected chi connectivity index (χ2v) is 6.23. The van der Waals surface area contributed by atoms with Gasteiger partial charge in [0.2, 0.25) is 0 Å². The van der Waals surface area contributed by atoms with Crippen molar-refractivity contribution in [1.29, 1.82) is 0 Å². The number of aromatic nitrogens is 2. The second kappa shape index (κ2) is 5.92.